The monoisotopic (exact) mass is 383 g/mol. The molecule has 0 bridgehead atoms. The number of methoxy groups -OCH3 is 1. The van der Waals surface area contributed by atoms with Crippen LogP contribution in [0.1, 0.15) is 23.0 Å². The molecule has 7 N–H and O–H groups in total. The van der Waals surface area contributed by atoms with Gasteiger partial charge in [-0.25, -0.2) is 4.98 Å². The average Bonchev–Trinajstić information content (AvgIpc) is 3.06. The summed E-state index contributed by atoms with van der Waals surface area (Å²) in [5.41, 5.74) is 14.6. The highest BCUT2D eigenvalue weighted by Gasteiger charge is 2.16. The summed E-state index contributed by atoms with van der Waals surface area (Å²) >= 11 is 0. The predicted molar refractivity (Wildman–Crippen MR) is 110 cm³/mol. The first kappa shape index (κ1) is 19.6. The van der Waals surface area contributed by atoms with Gasteiger partial charge in [-0.2, -0.15) is 4.98 Å². The fourth-order valence-corrected chi connectivity index (χ4v) is 2.82. The number of nitrogens with zero attached hydrogens (tertiary/aromatic N) is 2. The standard InChI is InChI=1S/C19H25N7O2/c1-10-7-12-15(24-10)5-4-6-16(12)25-18-13(17(21)27)8-22-19(26-18)23-9-14(20)11(2)28-3/h4-8,11,14,24H,9,20H2,1-3H3,(H2,21,27)(H2,22,23,25,26)/t11-,14-/m1/s1. The fraction of sp³-hybridized carbons (Fsp3) is 0.316. The van der Waals surface area contributed by atoms with E-state index in [2.05, 4.69) is 25.6 Å². The number of aryl methyl sites for hydroxylation is 1. The lowest BCUT2D eigenvalue weighted by Gasteiger charge is -2.19. The molecule has 0 saturated carbocycles. The fourth-order valence-electron chi connectivity index (χ4n) is 2.82. The van der Waals surface area contributed by atoms with E-state index in [1.165, 1.54) is 6.20 Å². The summed E-state index contributed by atoms with van der Waals surface area (Å²) in [5, 5.41) is 7.26. The maximum atomic E-state index is 11.8. The van der Waals surface area contributed by atoms with Crippen molar-refractivity contribution in [2.24, 2.45) is 11.5 Å². The Morgan fingerprint density at radius 1 is 1.39 bits per heavy atom. The summed E-state index contributed by atoms with van der Waals surface area (Å²) in [6.45, 7) is 4.28. The number of hydrogen-bond acceptors (Lipinski definition) is 7. The number of H-pyrrole nitrogens is 1. The molecule has 0 saturated heterocycles. The maximum absolute atomic E-state index is 11.8. The van der Waals surface area contributed by atoms with Crippen LogP contribution in [0.25, 0.3) is 10.9 Å². The van der Waals surface area contributed by atoms with Crippen molar-refractivity contribution in [2.45, 2.75) is 26.0 Å². The lowest BCUT2D eigenvalue weighted by molar-refractivity contribution is 0.0989. The molecule has 3 aromatic rings. The first-order valence-corrected chi connectivity index (χ1v) is 8.93. The van der Waals surface area contributed by atoms with Crippen LogP contribution in [0.15, 0.2) is 30.5 Å². The first-order valence-electron chi connectivity index (χ1n) is 8.93. The highest BCUT2D eigenvalue weighted by atomic mass is 16.5. The number of fused-ring (bicyclic) bond motifs is 1. The zero-order chi connectivity index (χ0) is 20.3. The Morgan fingerprint density at radius 2 is 2.18 bits per heavy atom. The van der Waals surface area contributed by atoms with E-state index in [4.69, 9.17) is 16.2 Å². The number of carbonyl (C=O) groups excluding carboxylic acids is 1. The van der Waals surface area contributed by atoms with Gasteiger partial charge in [0, 0.05) is 48.2 Å². The third-order valence-corrected chi connectivity index (χ3v) is 4.58. The van der Waals surface area contributed by atoms with E-state index in [0.29, 0.717) is 18.3 Å². The van der Waals surface area contributed by atoms with Crippen molar-refractivity contribution in [3.8, 4) is 0 Å². The van der Waals surface area contributed by atoms with Gasteiger partial charge in [0.25, 0.3) is 5.91 Å². The molecule has 0 aliphatic heterocycles. The Labute approximate surface area is 162 Å². The molecule has 3 rings (SSSR count). The van der Waals surface area contributed by atoms with Gasteiger partial charge in [0.1, 0.15) is 11.4 Å². The minimum atomic E-state index is -0.615. The number of nitrogens with two attached hydrogens (primary N) is 2. The third kappa shape index (κ3) is 4.21. The second-order valence-corrected chi connectivity index (χ2v) is 6.65. The van der Waals surface area contributed by atoms with E-state index >= 15 is 0 Å². The van der Waals surface area contributed by atoms with Crippen LogP contribution >= 0.6 is 0 Å². The van der Waals surface area contributed by atoms with E-state index < -0.39 is 5.91 Å². The molecule has 2 atom stereocenters. The molecule has 9 nitrogen and oxygen atoms in total. The summed E-state index contributed by atoms with van der Waals surface area (Å²) in [6.07, 6.45) is 1.28. The Balaban J connectivity index is 1.88. The average molecular weight is 383 g/mol. The number of primary amides is 1. The number of benzene rings is 1. The molecule has 0 spiro atoms. The van der Waals surface area contributed by atoms with Gasteiger partial charge in [-0.3, -0.25) is 4.79 Å². The van der Waals surface area contributed by atoms with E-state index in [1.54, 1.807) is 7.11 Å². The van der Waals surface area contributed by atoms with Crippen LogP contribution in [0.5, 0.6) is 0 Å². The number of amides is 1. The Kier molecular flexibility index (Phi) is 5.76. The molecule has 0 aliphatic rings. The van der Waals surface area contributed by atoms with Crippen LogP contribution in [-0.2, 0) is 4.74 Å². The van der Waals surface area contributed by atoms with Gasteiger partial charge in [0.15, 0.2) is 0 Å². The van der Waals surface area contributed by atoms with Crippen molar-refractivity contribution in [1.82, 2.24) is 15.0 Å². The van der Waals surface area contributed by atoms with Crippen molar-refractivity contribution >= 4 is 34.3 Å². The lowest BCUT2D eigenvalue weighted by Crippen LogP contribution is -2.40. The summed E-state index contributed by atoms with van der Waals surface area (Å²) in [5.74, 6) is 0.0459. The lowest BCUT2D eigenvalue weighted by atomic mass is 10.2. The molecule has 2 heterocycles. The molecule has 28 heavy (non-hydrogen) atoms. The quantitative estimate of drug-likeness (QED) is 0.399. The molecular formula is C19H25N7O2. The van der Waals surface area contributed by atoms with Crippen LogP contribution in [0, 0.1) is 6.92 Å². The van der Waals surface area contributed by atoms with Gasteiger partial charge in [0.05, 0.1) is 6.10 Å². The zero-order valence-electron chi connectivity index (χ0n) is 16.1. The second-order valence-electron chi connectivity index (χ2n) is 6.65. The van der Waals surface area contributed by atoms with E-state index in [-0.39, 0.29) is 17.7 Å². The molecule has 148 valence electrons. The summed E-state index contributed by atoms with van der Waals surface area (Å²) in [4.78, 5) is 23.7. The van der Waals surface area contributed by atoms with Crippen LogP contribution in [0.2, 0.25) is 0 Å². The number of aromatic amines is 1. The summed E-state index contributed by atoms with van der Waals surface area (Å²) in [6, 6.07) is 7.58. The number of ether oxygens (including phenoxy) is 1. The predicted octanol–water partition coefficient (Wildman–Crippen LogP) is 1.88. The minimum Gasteiger partial charge on any atom is -0.380 e. The molecular weight excluding hydrogens is 358 g/mol. The number of rotatable bonds is 8. The topological polar surface area (TPSA) is 144 Å². The molecule has 0 aliphatic carbocycles. The van der Waals surface area contributed by atoms with Gasteiger partial charge in [-0.05, 0) is 32.0 Å². The second kappa shape index (κ2) is 8.24. The minimum absolute atomic E-state index is 0.121. The van der Waals surface area contributed by atoms with Crippen LogP contribution in [-0.4, -0.2) is 46.7 Å². The van der Waals surface area contributed by atoms with Gasteiger partial charge in [-0.15, -0.1) is 0 Å². The van der Waals surface area contributed by atoms with Gasteiger partial charge < -0.3 is 31.8 Å². The Hall–Kier alpha value is -3.17. The number of nitrogens with one attached hydrogen (secondary N) is 3. The normalized spacial score (nSPS) is 13.3. The number of carbonyl (C=O) groups is 1. The Morgan fingerprint density at radius 3 is 2.89 bits per heavy atom. The van der Waals surface area contributed by atoms with Crippen LogP contribution in [0.4, 0.5) is 17.5 Å². The molecule has 0 fully saturated rings. The molecule has 2 aromatic heterocycles. The number of hydrogen-bond donors (Lipinski definition) is 5. The summed E-state index contributed by atoms with van der Waals surface area (Å²) in [7, 11) is 1.61. The highest BCUT2D eigenvalue weighted by molar-refractivity contribution is 6.00. The molecule has 1 amide bonds. The highest BCUT2D eigenvalue weighted by Crippen LogP contribution is 2.28. The van der Waals surface area contributed by atoms with E-state index in [9.17, 15) is 4.79 Å². The smallest absolute Gasteiger partial charge is 0.254 e. The molecule has 9 heteroatoms. The SMILES string of the molecule is CO[C@H](C)[C@H](N)CNc1ncc(C(N)=O)c(Nc2cccc3[nH]c(C)cc23)n1. The molecule has 0 unspecified atom stereocenters. The van der Waals surface area contributed by atoms with Crippen molar-refractivity contribution < 1.29 is 9.53 Å². The van der Waals surface area contributed by atoms with Crippen molar-refractivity contribution in [1.29, 1.82) is 0 Å². The zero-order valence-corrected chi connectivity index (χ0v) is 16.1. The van der Waals surface area contributed by atoms with E-state index in [1.807, 2.05) is 38.1 Å². The van der Waals surface area contributed by atoms with Gasteiger partial charge >= 0.3 is 0 Å². The molecule has 1 aromatic carbocycles. The third-order valence-electron chi connectivity index (χ3n) is 4.58. The van der Waals surface area contributed by atoms with Crippen molar-refractivity contribution in [3.63, 3.8) is 0 Å². The first-order chi connectivity index (χ1) is 13.4. The van der Waals surface area contributed by atoms with Crippen LogP contribution < -0.4 is 22.1 Å². The van der Waals surface area contributed by atoms with Gasteiger partial charge in [-0.1, -0.05) is 6.07 Å². The van der Waals surface area contributed by atoms with Crippen LogP contribution in [0.3, 0.4) is 0 Å². The van der Waals surface area contributed by atoms with E-state index in [0.717, 1.165) is 22.3 Å². The number of aromatic nitrogens is 3. The summed E-state index contributed by atoms with van der Waals surface area (Å²) < 4.78 is 5.21. The maximum Gasteiger partial charge on any atom is 0.254 e. The number of anilines is 3. The molecule has 0 radical (unpaired) electrons. The van der Waals surface area contributed by atoms with Gasteiger partial charge in [0.2, 0.25) is 5.95 Å². The largest absolute Gasteiger partial charge is 0.380 e. The van der Waals surface area contributed by atoms with Crippen molar-refractivity contribution in [2.75, 3.05) is 24.3 Å². The Bertz CT molecular complexity index is 986. The van der Waals surface area contributed by atoms with Crippen molar-refractivity contribution in [3.05, 3.63) is 41.7 Å².